The Hall–Kier alpha value is -5.67. The van der Waals surface area contributed by atoms with Gasteiger partial charge in [0.15, 0.2) is 0 Å². The van der Waals surface area contributed by atoms with E-state index < -0.39 is 17.1 Å². The third-order valence-corrected chi connectivity index (χ3v) is 7.88. The molecule has 5 aromatic rings. The molecule has 224 valence electrons. The Labute approximate surface area is 265 Å². The summed E-state index contributed by atoms with van der Waals surface area (Å²) in [4.78, 5) is 44.5. The number of nitrogens with one attached hydrogen (secondary N) is 3. The Bertz CT molecular complexity index is 1760. The number of carbonyl (C=O) groups is 3. The van der Waals surface area contributed by atoms with Gasteiger partial charge in [0.05, 0.1) is 7.11 Å². The lowest BCUT2D eigenvalue weighted by Crippen LogP contribution is -2.30. The first-order chi connectivity index (χ1) is 22.0. The Kier molecular flexibility index (Phi) is 10.4. The number of methoxy groups -OCH3 is 1. The van der Waals surface area contributed by atoms with Crippen LogP contribution in [-0.4, -0.2) is 29.8 Å². The van der Waals surface area contributed by atoms with E-state index in [0.717, 1.165) is 10.5 Å². The minimum absolute atomic E-state index is 0.0735. The maximum absolute atomic E-state index is 13.4. The molecule has 4 aromatic carbocycles. The van der Waals surface area contributed by atoms with Gasteiger partial charge in [-0.25, -0.2) is 0 Å². The Morgan fingerprint density at radius 2 is 1.36 bits per heavy atom. The van der Waals surface area contributed by atoms with Crippen molar-refractivity contribution >= 4 is 46.9 Å². The lowest BCUT2D eigenvalue weighted by molar-refractivity contribution is -0.116. The molecule has 9 heteroatoms. The molecule has 0 radical (unpaired) electrons. The molecular formula is C36H30N4O4S. The second kappa shape index (κ2) is 15.2. The lowest BCUT2D eigenvalue weighted by atomic mass is 10.1. The van der Waals surface area contributed by atoms with Crippen molar-refractivity contribution in [3.63, 3.8) is 0 Å². The summed E-state index contributed by atoms with van der Waals surface area (Å²) < 4.78 is 5.23. The molecule has 8 nitrogen and oxygen atoms in total. The van der Waals surface area contributed by atoms with E-state index >= 15 is 0 Å². The van der Waals surface area contributed by atoms with Crippen LogP contribution < -0.4 is 20.7 Å². The average molecular weight is 615 g/mol. The maximum Gasteiger partial charge on any atom is 0.272 e. The number of ether oxygens (including phenoxy) is 1. The number of carbonyl (C=O) groups excluding carboxylic acids is 3. The molecule has 1 unspecified atom stereocenters. The van der Waals surface area contributed by atoms with Gasteiger partial charge in [0.1, 0.15) is 16.7 Å². The Morgan fingerprint density at radius 3 is 2.00 bits per heavy atom. The molecular weight excluding hydrogens is 584 g/mol. The molecule has 3 N–H and O–H groups in total. The van der Waals surface area contributed by atoms with Crippen LogP contribution in [-0.2, 0) is 9.59 Å². The van der Waals surface area contributed by atoms with E-state index in [0.29, 0.717) is 28.3 Å². The predicted octanol–water partition coefficient (Wildman–Crippen LogP) is 6.97. The summed E-state index contributed by atoms with van der Waals surface area (Å²) >= 11 is 1.39. The predicted molar refractivity (Wildman–Crippen MR) is 178 cm³/mol. The van der Waals surface area contributed by atoms with Crippen LogP contribution in [0.25, 0.3) is 6.08 Å². The molecule has 1 atom stereocenters. The minimum Gasteiger partial charge on any atom is -0.497 e. The fourth-order valence-corrected chi connectivity index (χ4v) is 5.33. The number of hydrogen-bond acceptors (Lipinski definition) is 6. The summed E-state index contributed by atoms with van der Waals surface area (Å²) in [7, 11) is 1.58. The number of nitrogens with zero attached hydrogens (tertiary/aromatic N) is 1. The van der Waals surface area contributed by atoms with Crippen molar-refractivity contribution in [2.75, 3.05) is 17.7 Å². The van der Waals surface area contributed by atoms with E-state index in [1.165, 1.54) is 11.8 Å². The normalized spacial score (nSPS) is 11.6. The highest BCUT2D eigenvalue weighted by atomic mass is 32.2. The fourth-order valence-electron chi connectivity index (χ4n) is 4.30. The second-order valence-corrected chi connectivity index (χ2v) is 10.9. The zero-order valence-corrected chi connectivity index (χ0v) is 25.2. The molecule has 0 fully saturated rings. The van der Waals surface area contributed by atoms with Crippen molar-refractivity contribution in [1.29, 1.82) is 0 Å². The van der Waals surface area contributed by atoms with Crippen LogP contribution in [0.5, 0.6) is 5.75 Å². The topological polar surface area (TPSA) is 109 Å². The monoisotopic (exact) mass is 614 g/mol. The van der Waals surface area contributed by atoms with Gasteiger partial charge in [0, 0.05) is 34.2 Å². The van der Waals surface area contributed by atoms with Gasteiger partial charge in [-0.15, -0.1) is 11.8 Å². The third kappa shape index (κ3) is 8.68. The Morgan fingerprint density at radius 1 is 0.733 bits per heavy atom. The van der Waals surface area contributed by atoms with Gasteiger partial charge in [-0.05, 0) is 77.9 Å². The van der Waals surface area contributed by atoms with Gasteiger partial charge in [-0.1, -0.05) is 60.7 Å². The highest BCUT2D eigenvalue weighted by Gasteiger charge is 2.22. The first kappa shape index (κ1) is 30.8. The zero-order chi connectivity index (χ0) is 31.4. The lowest BCUT2D eigenvalue weighted by Gasteiger charge is -2.17. The largest absolute Gasteiger partial charge is 0.497 e. The molecule has 0 aliphatic heterocycles. The fraction of sp³-hybridized carbons (Fsp3) is 0.0556. The summed E-state index contributed by atoms with van der Waals surface area (Å²) in [6.45, 7) is 0. The van der Waals surface area contributed by atoms with Crippen molar-refractivity contribution in [2.45, 2.75) is 10.1 Å². The standard InChI is InChI=1S/C36H30N4O4S/c1-44-30-16-12-25(13-17-30)24-32(40-34(41)27-10-6-3-7-11-27)35(42)38-28-14-18-31(19-15-28)45-33(26-8-4-2-5-9-26)36(43)39-29-20-22-37-23-21-29/h2-24,33H,1H3,(H,38,42)(H,40,41)(H,37,39,43)/b32-24-. The number of aromatic nitrogens is 1. The van der Waals surface area contributed by atoms with E-state index in [1.54, 1.807) is 98.4 Å². The van der Waals surface area contributed by atoms with Gasteiger partial charge in [0.25, 0.3) is 11.8 Å². The van der Waals surface area contributed by atoms with Crippen molar-refractivity contribution in [2.24, 2.45) is 0 Å². The first-order valence-corrected chi connectivity index (χ1v) is 14.9. The Balaban J connectivity index is 1.32. The molecule has 1 aromatic heterocycles. The molecule has 0 saturated heterocycles. The smallest absolute Gasteiger partial charge is 0.272 e. The number of rotatable bonds is 11. The highest BCUT2D eigenvalue weighted by Crippen LogP contribution is 2.36. The van der Waals surface area contributed by atoms with Crippen molar-refractivity contribution in [3.05, 3.63) is 156 Å². The molecule has 0 aliphatic carbocycles. The molecule has 5 rings (SSSR count). The highest BCUT2D eigenvalue weighted by molar-refractivity contribution is 8.00. The summed E-state index contributed by atoms with van der Waals surface area (Å²) in [5.74, 6) is -0.394. The van der Waals surface area contributed by atoms with E-state index in [4.69, 9.17) is 4.74 Å². The van der Waals surface area contributed by atoms with Gasteiger partial charge >= 0.3 is 0 Å². The number of amides is 3. The van der Waals surface area contributed by atoms with Crippen LogP contribution in [0.1, 0.15) is 26.7 Å². The first-order valence-electron chi connectivity index (χ1n) is 14.0. The summed E-state index contributed by atoms with van der Waals surface area (Å²) in [6, 6.07) is 36.0. The van der Waals surface area contributed by atoms with Crippen LogP contribution in [0, 0.1) is 0 Å². The van der Waals surface area contributed by atoms with Crippen LogP contribution >= 0.6 is 11.8 Å². The number of pyridine rings is 1. The zero-order valence-electron chi connectivity index (χ0n) is 24.3. The minimum atomic E-state index is -0.521. The van der Waals surface area contributed by atoms with Crippen LogP contribution in [0.3, 0.4) is 0 Å². The SMILES string of the molecule is COc1ccc(/C=C(\NC(=O)c2ccccc2)C(=O)Nc2ccc(SC(C(=O)Nc3ccncc3)c3ccccc3)cc2)cc1. The van der Waals surface area contributed by atoms with Gasteiger partial charge in [-0.2, -0.15) is 0 Å². The quantitative estimate of drug-likeness (QED) is 0.110. The van der Waals surface area contributed by atoms with Gasteiger partial charge in [-0.3, -0.25) is 19.4 Å². The van der Waals surface area contributed by atoms with Gasteiger partial charge in [0.2, 0.25) is 5.91 Å². The number of anilines is 2. The number of benzene rings is 4. The van der Waals surface area contributed by atoms with Crippen LogP contribution in [0.4, 0.5) is 11.4 Å². The summed E-state index contributed by atoms with van der Waals surface area (Å²) in [5.41, 5.74) is 3.24. The number of thioether (sulfide) groups is 1. The molecule has 1 heterocycles. The molecule has 3 amide bonds. The molecule has 0 aliphatic rings. The van der Waals surface area contributed by atoms with Crippen molar-refractivity contribution in [1.82, 2.24) is 10.3 Å². The maximum atomic E-state index is 13.4. The summed E-state index contributed by atoms with van der Waals surface area (Å²) in [5, 5.41) is 8.05. The van der Waals surface area contributed by atoms with E-state index in [2.05, 4.69) is 20.9 Å². The average Bonchev–Trinajstić information content (AvgIpc) is 3.09. The number of hydrogen-bond donors (Lipinski definition) is 3. The van der Waals surface area contributed by atoms with Crippen LogP contribution in [0.2, 0.25) is 0 Å². The van der Waals surface area contributed by atoms with Crippen molar-refractivity contribution in [3.8, 4) is 5.75 Å². The van der Waals surface area contributed by atoms with Gasteiger partial charge < -0.3 is 20.7 Å². The molecule has 0 bridgehead atoms. The molecule has 45 heavy (non-hydrogen) atoms. The van der Waals surface area contributed by atoms with Crippen molar-refractivity contribution < 1.29 is 19.1 Å². The molecule has 0 saturated carbocycles. The van der Waals surface area contributed by atoms with E-state index in [9.17, 15) is 14.4 Å². The second-order valence-electron chi connectivity index (χ2n) is 9.76. The molecule has 0 spiro atoms. The van der Waals surface area contributed by atoms with E-state index in [1.807, 2.05) is 48.5 Å². The third-order valence-electron chi connectivity index (χ3n) is 6.61. The van der Waals surface area contributed by atoms with E-state index in [-0.39, 0.29) is 11.6 Å². The van der Waals surface area contributed by atoms with Crippen LogP contribution in [0.15, 0.2) is 144 Å². The summed E-state index contributed by atoms with van der Waals surface area (Å²) in [6.07, 6.45) is 4.85.